The second-order valence-electron chi connectivity index (χ2n) is 3.81. The van der Waals surface area contributed by atoms with Gasteiger partial charge in [-0.3, -0.25) is 14.9 Å². The van der Waals surface area contributed by atoms with E-state index in [0.717, 1.165) is 24.3 Å². The molecule has 0 aliphatic carbocycles. The van der Waals surface area contributed by atoms with E-state index in [-0.39, 0.29) is 6.47 Å². The molecule has 0 aromatic heterocycles. The van der Waals surface area contributed by atoms with Gasteiger partial charge in [0.15, 0.2) is 6.10 Å². The number of carbonyl (C=O) groups is 3. The average molecular weight is 299 g/mol. The Bertz CT molecular complexity index is 582. The summed E-state index contributed by atoms with van der Waals surface area (Å²) in [5.74, 6) is -3.69. The minimum Gasteiger partial charge on any atom is -0.479 e. The van der Waals surface area contributed by atoms with Crippen LogP contribution < -0.4 is 0 Å². The van der Waals surface area contributed by atoms with Crippen molar-refractivity contribution in [2.24, 2.45) is 0 Å². The summed E-state index contributed by atoms with van der Waals surface area (Å²) in [6.07, 6.45) is -2.65. The first-order valence-electron chi connectivity index (χ1n) is 5.28. The van der Waals surface area contributed by atoms with E-state index in [4.69, 9.17) is 5.11 Å². The van der Waals surface area contributed by atoms with Crippen LogP contribution in [0.3, 0.4) is 0 Å². The van der Waals surface area contributed by atoms with Crippen molar-refractivity contribution in [3.05, 3.63) is 39.9 Å². The molecule has 21 heavy (non-hydrogen) atoms. The number of nitrogens with zero attached hydrogens (tertiary/aromatic N) is 1. The van der Waals surface area contributed by atoms with Crippen LogP contribution >= 0.6 is 0 Å². The second-order valence-corrected chi connectivity index (χ2v) is 3.81. The summed E-state index contributed by atoms with van der Waals surface area (Å²) in [6.45, 7) is -0.354. The molecule has 0 amide bonds. The van der Waals surface area contributed by atoms with Gasteiger partial charge in [0.1, 0.15) is 0 Å². The van der Waals surface area contributed by atoms with E-state index in [2.05, 4.69) is 4.74 Å². The van der Waals surface area contributed by atoms with E-state index in [0.29, 0.717) is 0 Å². The standard InChI is InChI=1S/C11H9NO9/c13-5-21-10(17)11(18,8(14)9(15)16)6-1-3-7(4-2-6)12(19)20/h1-5,8,14,18H,(H,15,16). The zero-order valence-corrected chi connectivity index (χ0v) is 10.2. The summed E-state index contributed by atoms with van der Waals surface area (Å²) in [5, 5.41) is 38.8. The first-order chi connectivity index (χ1) is 9.75. The van der Waals surface area contributed by atoms with Gasteiger partial charge in [-0.15, -0.1) is 0 Å². The number of carboxylic acids is 1. The molecule has 1 aromatic carbocycles. The van der Waals surface area contributed by atoms with Gasteiger partial charge in [-0.2, -0.15) is 0 Å². The zero-order chi connectivity index (χ0) is 16.2. The molecule has 0 spiro atoms. The molecule has 10 heteroatoms. The lowest BCUT2D eigenvalue weighted by atomic mass is 9.88. The van der Waals surface area contributed by atoms with Crippen molar-refractivity contribution in [3.63, 3.8) is 0 Å². The number of benzene rings is 1. The molecule has 3 N–H and O–H groups in total. The summed E-state index contributed by atoms with van der Waals surface area (Å²) >= 11 is 0. The maximum absolute atomic E-state index is 11.6. The Hall–Kier alpha value is -2.85. The van der Waals surface area contributed by atoms with E-state index in [1.807, 2.05) is 0 Å². The lowest BCUT2D eigenvalue weighted by molar-refractivity contribution is -0.384. The van der Waals surface area contributed by atoms with E-state index in [1.54, 1.807) is 0 Å². The molecule has 1 rings (SSSR count). The predicted molar refractivity (Wildman–Crippen MR) is 62.8 cm³/mol. The van der Waals surface area contributed by atoms with Crippen molar-refractivity contribution >= 4 is 24.1 Å². The zero-order valence-electron chi connectivity index (χ0n) is 10.2. The fourth-order valence-electron chi connectivity index (χ4n) is 1.54. The first-order valence-corrected chi connectivity index (χ1v) is 5.28. The van der Waals surface area contributed by atoms with E-state index >= 15 is 0 Å². The van der Waals surface area contributed by atoms with Gasteiger partial charge in [-0.25, -0.2) is 9.59 Å². The molecular weight excluding hydrogens is 290 g/mol. The number of nitro benzene ring substituents is 1. The third-order valence-corrected chi connectivity index (χ3v) is 2.61. The molecule has 0 fully saturated rings. The number of hydrogen-bond acceptors (Lipinski definition) is 8. The van der Waals surface area contributed by atoms with Crippen LogP contribution in [-0.2, 0) is 24.7 Å². The molecule has 0 aliphatic rings. The van der Waals surface area contributed by atoms with Crippen LogP contribution in [0.25, 0.3) is 0 Å². The number of non-ortho nitro benzene ring substituents is 1. The second kappa shape index (κ2) is 6.07. The number of aliphatic hydroxyl groups excluding tert-OH is 1. The lowest BCUT2D eigenvalue weighted by Gasteiger charge is -2.27. The van der Waals surface area contributed by atoms with Crippen molar-refractivity contribution in [2.75, 3.05) is 0 Å². The molecular formula is C11H9NO9. The van der Waals surface area contributed by atoms with Crippen LogP contribution in [0.15, 0.2) is 24.3 Å². The molecule has 0 aliphatic heterocycles. The minimum atomic E-state index is -3.10. The van der Waals surface area contributed by atoms with Crippen molar-refractivity contribution in [3.8, 4) is 0 Å². The summed E-state index contributed by atoms with van der Waals surface area (Å²) in [6, 6.07) is 3.47. The Kier molecular flexibility index (Phi) is 4.68. The van der Waals surface area contributed by atoms with E-state index in [9.17, 15) is 34.7 Å². The molecule has 1 aromatic rings. The number of hydrogen-bond donors (Lipinski definition) is 3. The van der Waals surface area contributed by atoms with Gasteiger partial charge in [0.05, 0.1) is 4.92 Å². The first kappa shape index (κ1) is 16.2. The fraction of sp³-hybridized carbons (Fsp3) is 0.182. The summed E-state index contributed by atoms with van der Waals surface area (Å²) in [7, 11) is 0. The number of aliphatic carboxylic acids is 1. The molecule has 0 saturated heterocycles. The SMILES string of the molecule is O=COC(=O)C(O)(c1ccc([N+](=O)[O-])cc1)C(O)C(=O)O. The van der Waals surface area contributed by atoms with Crippen molar-refractivity contribution in [1.29, 1.82) is 0 Å². The van der Waals surface area contributed by atoms with Gasteiger partial charge in [-0.05, 0) is 17.7 Å². The molecule has 10 nitrogen and oxygen atoms in total. The highest BCUT2D eigenvalue weighted by atomic mass is 16.6. The van der Waals surface area contributed by atoms with Gasteiger partial charge < -0.3 is 20.1 Å². The maximum Gasteiger partial charge on any atom is 0.353 e. The molecule has 0 heterocycles. The van der Waals surface area contributed by atoms with Crippen LogP contribution in [0.5, 0.6) is 0 Å². The Morgan fingerprint density at radius 1 is 1.33 bits per heavy atom. The van der Waals surface area contributed by atoms with Crippen LogP contribution in [-0.4, -0.2) is 44.8 Å². The topological polar surface area (TPSA) is 164 Å². The average Bonchev–Trinajstić information content (AvgIpc) is 2.45. The monoisotopic (exact) mass is 299 g/mol. The Morgan fingerprint density at radius 2 is 1.86 bits per heavy atom. The third kappa shape index (κ3) is 3.01. The Balaban J connectivity index is 3.36. The van der Waals surface area contributed by atoms with Crippen LogP contribution in [0.1, 0.15) is 5.56 Å². The molecule has 2 unspecified atom stereocenters. The van der Waals surface area contributed by atoms with Gasteiger partial charge >= 0.3 is 18.4 Å². The van der Waals surface area contributed by atoms with Crippen molar-refractivity contribution < 1.29 is 39.4 Å². The number of aliphatic hydroxyl groups is 2. The van der Waals surface area contributed by atoms with Crippen LogP contribution in [0.2, 0.25) is 0 Å². The highest BCUT2D eigenvalue weighted by Crippen LogP contribution is 2.28. The number of nitro groups is 1. The number of rotatable bonds is 6. The largest absolute Gasteiger partial charge is 0.479 e. The van der Waals surface area contributed by atoms with Gasteiger partial charge in [-0.1, -0.05) is 0 Å². The summed E-state index contributed by atoms with van der Waals surface area (Å²) in [4.78, 5) is 42.3. The number of carboxylic acid groups (broad SMARTS) is 1. The van der Waals surface area contributed by atoms with Gasteiger partial charge in [0.25, 0.3) is 5.69 Å². The summed E-state index contributed by atoms with van der Waals surface area (Å²) in [5.41, 5.74) is -3.98. The Labute approximate surface area is 116 Å². The molecule has 0 saturated carbocycles. The van der Waals surface area contributed by atoms with E-state index < -0.39 is 39.8 Å². The molecule has 2 atom stereocenters. The molecule has 112 valence electrons. The minimum absolute atomic E-state index is 0.354. The maximum atomic E-state index is 11.6. The fourth-order valence-corrected chi connectivity index (χ4v) is 1.54. The summed E-state index contributed by atoms with van der Waals surface area (Å²) < 4.78 is 3.88. The van der Waals surface area contributed by atoms with E-state index in [1.165, 1.54) is 0 Å². The van der Waals surface area contributed by atoms with Gasteiger partial charge in [0.2, 0.25) is 5.60 Å². The highest BCUT2D eigenvalue weighted by molar-refractivity contribution is 5.92. The lowest BCUT2D eigenvalue weighted by Crippen LogP contribution is -2.51. The smallest absolute Gasteiger partial charge is 0.353 e. The van der Waals surface area contributed by atoms with Crippen molar-refractivity contribution in [1.82, 2.24) is 0 Å². The molecule has 0 radical (unpaired) electrons. The molecule has 0 bridgehead atoms. The number of esters is 1. The normalized spacial score (nSPS) is 14.6. The predicted octanol–water partition coefficient (Wildman–Crippen LogP) is -1.07. The van der Waals surface area contributed by atoms with Crippen LogP contribution in [0.4, 0.5) is 5.69 Å². The quantitative estimate of drug-likeness (QED) is 0.195. The Morgan fingerprint density at radius 3 is 2.24 bits per heavy atom. The number of carbonyl (C=O) groups excluding carboxylic acids is 2. The highest BCUT2D eigenvalue weighted by Gasteiger charge is 2.50. The van der Waals surface area contributed by atoms with Crippen LogP contribution in [0, 0.1) is 10.1 Å². The van der Waals surface area contributed by atoms with Gasteiger partial charge in [0, 0.05) is 12.1 Å². The van der Waals surface area contributed by atoms with Crippen molar-refractivity contribution in [2.45, 2.75) is 11.7 Å². The third-order valence-electron chi connectivity index (χ3n) is 2.61. The number of ether oxygens (including phenoxy) is 1.